The lowest BCUT2D eigenvalue weighted by molar-refractivity contribution is 0.433. The van der Waals surface area contributed by atoms with E-state index in [1.54, 1.807) is 0 Å². The van der Waals surface area contributed by atoms with Crippen molar-refractivity contribution in [2.45, 2.75) is 19.5 Å². The van der Waals surface area contributed by atoms with Gasteiger partial charge in [-0.05, 0) is 22.9 Å². The second-order valence-corrected chi connectivity index (χ2v) is 3.58. The Morgan fingerprint density at radius 1 is 1.82 bits per heavy atom. The Kier molecular flexibility index (Phi) is 1.73. The van der Waals surface area contributed by atoms with E-state index >= 15 is 0 Å². The molecule has 0 spiro atoms. The molecule has 1 aliphatic heterocycles. The summed E-state index contributed by atoms with van der Waals surface area (Å²) >= 11 is 3.45. The van der Waals surface area contributed by atoms with Crippen LogP contribution in [0, 0.1) is 0 Å². The van der Waals surface area contributed by atoms with E-state index in [1.807, 2.05) is 6.20 Å². The Morgan fingerprint density at radius 3 is 3.36 bits per heavy atom. The molecule has 1 aromatic heterocycles. The summed E-state index contributed by atoms with van der Waals surface area (Å²) in [6.45, 7) is 4.17. The van der Waals surface area contributed by atoms with Crippen molar-refractivity contribution in [3.8, 4) is 0 Å². The highest BCUT2D eigenvalue weighted by molar-refractivity contribution is 9.10. The van der Waals surface area contributed by atoms with Gasteiger partial charge in [-0.15, -0.1) is 0 Å². The normalized spacial score (nSPS) is 23.3. The Labute approximate surface area is 73.9 Å². The van der Waals surface area contributed by atoms with E-state index in [2.05, 4.69) is 37.7 Å². The maximum atomic E-state index is 4.29. The topological polar surface area (TPSA) is 29.9 Å². The molecule has 0 aromatic carbocycles. The first-order valence-corrected chi connectivity index (χ1v) is 4.52. The molecule has 1 unspecified atom stereocenters. The number of halogens is 1. The molecule has 0 saturated heterocycles. The van der Waals surface area contributed by atoms with Crippen LogP contribution in [0.2, 0.25) is 0 Å². The molecule has 4 heteroatoms. The fourth-order valence-electron chi connectivity index (χ4n) is 1.42. The average Bonchev–Trinajstić information content (AvgIpc) is 2.35. The second-order valence-electron chi connectivity index (χ2n) is 2.77. The van der Waals surface area contributed by atoms with Crippen LogP contribution in [0.1, 0.15) is 18.8 Å². The summed E-state index contributed by atoms with van der Waals surface area (Å²) in [6, 6.07) is 0.384. The number of nitrogens with one attached hydrogen (secondary N) is 1. The van der Waals surface area contributed by atoms with Gasteiger partial charge < -0.3 is 9.88 Å². The predicted molar refractivity (Wildman–Crippen MR) is 46.3 cm³/mol. The van der Waals surface area contributed by atoms with E-state index < -0.39 is 0 Å². The highest BCUT2D eigenvalue weighted by Crippen LogP contribution is 2.20. The van der Waals surface area contributed by atoms with Crippen molar-refractivity contribution in [2.24, 2.45) is 0 Å². The molecule has 0 fully saturated rings. The molecule has 1 atom stereocenters. The summed E-state index contributed by atoms with van der Waals surface area (Å²) in [5.74, 6) is 1.13. The van der Waals surface area contributed by atoms with Crippen molar-refractivity contribution in [1.82, 2.24) is 14.9 Å². The summed E-state index contributed by atoms with van der Waals surface area (Å²) in [5.41, 5.74) is 0. The van der Waals surface area contributed by atoms with Crippen LogP contribution in [0.4, 0.5) is 0 Å². The van der Waals surface area contributed by atoms with Crippen molar-refractivity contribution in [3.63, 3.8) is 0 Å². The van der Waals surface area contributed by atoms with Crippen molar-refractivity contribution < 1.29 is 0 Å². The number of rotatable bonds is 0. The monoisotopic (exact) mass is 215 g/mol. The highest BCUT2D eigenvalue weighted by Gasteiger charge is 2.17. The molecular formula is C7H10BrN3. The first-order chi connectivity index (χ1) is 5.29. The Balaban J connectivity index is 2.46. The van der Waals surface area contributed by atoms with Gasteiger partial charge in [-0.2, -0.15) is 0 Å². The minimum absolute atomic E-state index is 0.384. The minimum atomic E-state index is 0.384. The van der Waals surface area contributed by atoms with E-state index in [4.69, 9.17) is 0 Å². The molecular weight excluding hydrogens is 206 g/mol. The SMILES string of the molecule is CC1NCCn2c(Br)cnc21. The lowest BCUT2D eigenvalue weighted by Gasteiger charge is -2.21. The number of hydrogen-bond donors (Lipinski definition) is 1. The zero-order chi connectivity index (χ0) is 7.84. The van der Waals surface area contributed by atoms with Crippen LogP contribution in [-0.2, 0) is 6.54 Å². The number of nitrogens with zero attached hydrogens (tertiary/aromatic N) is 2. The van der Waals surface area contributed by atoms with Crippen LogP contribution in [-0.4, -0.2) is 16.1 Å². The van der Waals surface area contributed by atoms with E-state index in [9.17, 15) is 0 Å². The molecule has 0 saturated carbocycles. The highest BCUT2D eigenvalue weighted by atomic mass is 79.9. The molecule has 60 valence electrons. The van der Waals surface area contributed by atoms with Gasteiger partial charge in [0, 0.05) is 13.1 Å². The van der Waals surface area contributed by atoms with Crippen LogP contribution < -0.4 is 5.32 Å². The number of aromatic nitrogens is 2. The Bertz CT molecular complexity index is 269. The molecule has 0 amide bonds. The maximum Gasteiger partial charge on any atom is 0.126 e. The van der Waals surface area contributed by atoms with Gasteiger partial charge in [-0.3, -0.25) is 0 Å². The first-order valence-electron chi connectivity index (χ1n) is 3.73. The summed E-state index contributed by atoms with van der Waals surface area (Å²) in [7, 11) is 0. The lowest BCUT2D eigenvalue weighted by atomic mass is 10.2. The van der Waals surface area contributed by atoms with E-state index in [-0.39, 0.29) is 0 Å². The standard InChI is InChI=1S/C7H10BrN3/c1-5-7-10-4-6(8)11(7)3-2-9-5/h4-5,9H,2-3H2,1H3. The maximum absolute atomic E-state index is 4.29. The summed E-state index contributed by atoms with van der Waals surface area (Å²) in [5, 5.41) is 3.35. The molecule has 1 aliphatic rings. The molecule has 1 N–H and O–H groups in total. The average molecular weight is 216 g/mol. The Morgan fingerprint density at radius 2 is 2.64 bits per heavy atom. The van der Waals surface area contributed by atoms with E-state index in [0.717, 1.165) is 23.5 Å². The minimum Gasteiger partial charge on any atom is -0.320 e. The molecule has 2 heterocycles. The van der Waals surface area contributed by atoms with Crippen LogP contribution >= 0.6 is 15.9 Å². The molecule has 3 nitrogen and oxygen atoms in total. The molecule has 11 heavy (non-hydrogen) atoms. The van der Waals surface area contributed by atoms with Crippen molar-refractivity contribution in [1.29, 1.82) is 0 Å². The molecule has 0 radical (unpaired) electrons. The van der Waals surface area contributed by atoms with Gasteiger partial charge in [0.1, 0.15) is 10.4 Å². The zero-order valence-corrected chi connectivity index (χ0v) is 7.93. The molecule has 1 aromatic rings. The van der Waals surface area contributed by atoms with Crippen molar-refractivity contribution in [2.75, 3.05) is 6.54 Å². The predicted octanol–water partition coefficient (Wildman–Crippen LogP) is 1.31. The quantitative estimate of drug-likeness (QED) is 0.708. The smallest absolute Gasteiger partial charge is 0.126 e. The summed E-state index contributed by atoms with van der Waals surface area (Å²) in [6.07, 6.45) is 1.86. The third-order valence-electron chi connectivity index (χ3n) is 2.01. The van der Waals surface area contributed by atoms with E-state index in [0.29, 0.717) is 6.04 Å². The van der Waals surface area contributed by atoms with Crippen LogP contribution in [0.5, 0.6) is 0 Å². The van der Waals surface area contributed by atoms with Gasteiger partial charge in [0.2, 0.25) is 0 Å². The van der Waals surface area contributed by atoms with Crippen LogP contribution in [0.15, 0.2) is 10.8 Å². The van der Waals surface area contributed by atoms with Gasteiger partial charge >= 0.3 is 0 Å². The molecule has 0 aliphatic carbocycles. The largest absolute Gasteiger partial charge is 0.320 e. The van der Waals surface area contributed by atoms with Crippen LogP contribution in [0.25, 0.3) is 0 Å². The van der Waals surface area contributed by atoms with Gasteiger partial charge in [0.05, 0.1) is 12.2 Å². The first kappa shape index (κ1) is 7.31. The van der Waals surface area contributed by atoms with Crippen molar-refractivity contribution >= 4 is 15.9 Å². The zero-order valence-electron chi connectivity index (χ0n) is 6.34. The van der Waals surface area contributed by atoms with Gasteiger partial charge in [-0.1, -0.05) is 0 Å². The van der Waals surface area contributed by atoms with Gasteiger partial charge in [0.15, 0.2) is 0 Å². The fourth-order valence-corrected chi connectivity index (χ4v) is 1.88. The van der Waals surface area contributed by atoms with Crippen LogP contribution in [0.3, 0.4) is 0 Å². The van der Waals surface area contributed by atoms with Crippen molar-refractivity contribution in [3.05, 3.63) is 16.6 Å². The summed E-state index contributed by atoms with van der Waals surface area (Å²) in [4.78, 5) is 4.29. The van der Waals surface area contributed by atoms with E-state index in [1.165, 1.54) is 0 Å². The number of hydrogen-bond acceptors (Lipinski definition) is 2. The number of fused-ring (bicyclic) bond motifs is 1. The fraction of sp³-hybridized carbons (Fsp3) is 0.571. The van der Waals surface area contributed by atoms with Gasteiger partial charge in [-0.25, -0.2) is 4.98 Å². The molecule has 2 rings (SSSR count). The third-order valence-corrected chi connectivity index (χ3v) is 2.64. The van der Waals surface area contributed by atoms with Gasteiger partial charge in [0.25, 0.3) is 0 Å². The number of imidazole rings is 1. The Hall–Kier alpha value is -0.350. The molecule has 0 bridgehead atoms. The lowest BCUT2D eigenvalue weighted by Crippen LogP contribution is -2.31. The summed E-state index contributed by atoms with van der Waals surface area (Å²) < 4.78 is 3.28. The third kappa shape index (κ3) is 1.10. The second kappa shape index (κ2) is 2.60.